The minimum absolute atomic E-state index is 0.0273. The predicted octanol–water partition coefficient (Wildman–Crippen LogP) is 5.74. The molecule has 1 fully saturated rings. The summed E-state index contributed by atoms with van der Waals surface area (Å²) >= 11 is 0. The highest BCUT2D eigenvalue weighted by Crippen LogP contribution is 2.46. The molecule has 0 bridgehead atoms. The third-order valence-electron chi connectivity index (χ3n) is 5.12. The predicted molar refractivity (Wildman–Crippen MR) is 93.7 cm³/mol. The molecule has 0 saturated carbocycles. The zero-order valence-electron chi connectivity index (χ0n) is 15.3. The molecule has 0 radical (unpaired) electrons. The molecule has 0 unspecified atom stereocenters. The second-order valence-corrected chi connectivity index (χ2v) is 7.66. The lowest BCUT2D eigenvalue weighted by Gasteiger charge is -2.30. The Morgan fingerprint density at radius 1 is 0.840 bits per heavy atom. The lowest BCUT2D eigenvalue weighted by Crippen LogP contribution is -2.41. The lowest BCUT2D eigenvalue weighted by molar-refractivity contribution is -0.0898. The molecule has 4 heteroatoms. The molecular formula is C21H24F2O2. The Bertz CT molecular complexity index is 751. The van der Waals surface area contributed by atoms with Crippen LogP contribution in [0.1, 0.15) is 56.2 Å². The van der Waals surface area contributed by atoms with Gasteiger partial charge in [-0.25, -0.2) is 0 Å². The van der Waals surface area contributed by atoms with Gasteiger partial charge < -0.3 is 9.47 Å². The summed E-state index contributed by atoms with van der Waals surface area (Å²) < 4.78 is 41.9. The number of benzene rings is 2. The molecule has 2 nitrogen and oxygen atoms in total. The molecule has 3 rings (SSSR count). The number of rotatable bonds is 3. The quantitative estimate of drug-likeness (QED) is 0.706. The van der Waals surface area contributed by atoms with Crippen molar-refractivity contribution in [2.24, 2.45) is 0 Å². The van der Waals surface area contributed by atoms with E-state index >= 15 is 0 Å². The fourth-order valence-electron chi connectivity index (χ4n) is 2.92. The van der Waals surface area contributed by atoms with Crippen LogP contribution in [0.25, 0.3) is 0 Å². The van der Waals surface area contributed by atoms with Crippen molar-refractivity contribution in [1.82, 2.24) is 0 Å². The molecule has 1 aliphatic rings. The van der Waals surface area contributed by atoms with Crippen LogP contribution in [0.2, 0.25) is 0 Å². The number of aryl methyl sites for hydroxylation is 1. The SMILES string of the molecule is Cc1cc(C2OC(C)(C)C(C)(C)O2)cc(C(F)(F)c2ccccc2)c1. The minimum Gasteiger partial charge on any atom is -0.339 e. The van der Waals surface area contributed by atoms with E-state index in [9.17, 15) is 8.78 Å². The Morgan fingerprint density at radius 2 is 1.40 bits per heavy atom. The summed E-state index contributed by atoms with van der Waals surface area (Å²) in [6.45, 7) is 9.59. The average molecular weight is 346 g/mol. The maximum Gasteiger partial charge on any atom is 0.298 e. The Morgan fingerprint density at radius 3 is 1.96 bits per heavy atom. The van der Waals surface area contributed by atoms with Gasteiger partial charge in [0.15, 0.2) is 6.29 Å². The van der Waals surface area contributed by atoms with Gasteiger partial charge in [0, 0.05) is 16.7 Å². The van der Waals surface area contributed by atoms with Crippen molar-refractivity contribution < 1.29 is 18.3 Å². The third-order valence-corrected chi connectivity index (χ3v) is 5.12. The maximum atomic E-state index is 15.0. The van der Waals surface area contributed by atoms with Crippen LogP contribution in [0.3, 0.4) is 0 Å². The van der Waals surface area contributed by atoms with Crippen LogP contribution >= 0.6 is 0 Å². The van der Waals surface area contributed by atoms with E-state index in [1.807, 2.05) is 33.8 Å². The highest BCUT2D eigenvalue weighted by atomic mass is 19.3. The van der Waals surface area contributed by atoms with E-state index in [4.69, 9.17) is 9.47 Å². The second-order valence-electron chi connectivity index (χ2n) is 7.66. The van der Waals surface area contributed by atoms with Crippen molar-refractivity contribution in [2.45, 2.75) is 58.0 Å². The highest BCUT2D eigenvalue weighted by molar-refractivity contribution is 5.39. The van der Waals surface area contributed by atoms with Gasteiger partial charge in [-0.1, -0.05) is 42.0 Å². The van der Waals surface area contributed by atoms with E-state index < -0.39 is 23.4 Å². The van der Waals surface area contributed by atoms with Gasteiger partial charge in [-0.2, -0.15) is 8.78 Å². The topological polar surface area (TPSA) is 18.5 Å². The Kier molecular flexibility index (Phi) is 4.25. The first-order chi connectivity index (χ1) is 11.5. The summed E-state index contributed by atoms with van der Waals surface area (Å²) in [5.74, 6) is -3.08. The molecule has 2 aromatic carbocycles. The number of hydrogen-bond donors (Lipinski definition) is 0. The largest absolute Gasteiger partial charge is 0.339 e. The van der Waals surface area contributed by atoms with E-state index in [1.165, 1.54) is 24.3 Å². The van der Waals surface area contributed by atoms with Gasteiger partial charge in [-0.05, 0) is 46.8 Å². The Balaban J connectivity index is 2.00. The van der Waals surface area contributed by atoms with Crippen molar-refractivity contribution in [3.63, 3.8) is 0 Å². The van der Waals surface area contributed by atoms with E-state index in [-0.39, 0.29) is 11.1 Å². The molecular weight excluding hydrogens is 322 g/mol. The maximum absolute atomic E-state index is 15.0. The van der Waals surface area contributed by atoms with Crippen molar-refractivity contribution >= 4 is 0 Å². The molecule has 1 heterocycles. The first kappa shape index (κ1) is 18.0. The molecule has 2 aromatic rings. The van der Waals surface area contributed by atoms with Gasteiger partial charge in [0.2, 0.25) is 0 Å². The first-order valence-corrected chi connectivity index (χ1v) is 8.44. The summed E-state index contributed by atoms with van der Waals surface area (Å²) in [7, 11) is 0. The van der Waals surface area contributed by atoms with E-state index in [2.05, 4.69) is 0 Å². The fourth-order valence-corrected chi connectivity index (χ4v) is 2.92. The van der Waals surface area contributed by atoms with Gasteiger partial charge in [0.05, 0.1) is 11.2 Å². The van der Waals surface area contributed by atoms with Crippen LogP contribution in [0.5, 0.6) is 0 Å². The molecule has 1 aliphatic heterocycles. The van der Waals surface area contributed by atoms with Gasteiger partial charge in [-0.15, -0.1) is 0 Å². The van der Waals surface area contributed by atoms with Crippen molar-refractivity contribution in [3.8, 4) is 0 Å². The summed E-state index contributed by atoms with van der Waals surface area (Å²) in [5, 5.41) is 0. The van der Waals surface area contributed by atoms with Crippen LogP contribution in [0.15, 0.2) is 48.5 Å². The summed E-state index contributed by atoms with van der Waals surface area (Å²) in [5.41, 5.74) is 0.263. The van der Waals surface area contributed by atoms with E-state index in [1.54, 1.807) is 25.1 Å². The van der Waals surface area contributed by atoms with Gasteiger partial charge >= 0.3 is 0 Å². The van der Waals surface area contributed by atoms with Crippen molar-refractivity contribution in [1.29, 1.82) is 0 Å². The van der Waals surface area contributed by atoms with Gasteiger partial charge in [-0.3, -0.25) is 0 Å². The highest BCUT2D eigenvalue weighted by Gasteiger charge is 2.49. The molecule has 0 spiro atoms. The molecule has 0 amide bonds. The standard InChI is InChI=1S/C21H24F2O2/c1-14-11-15(18-24-19(2,3)20(4,5)25-18)13-17(12-14)21(22,23)16-9-7-6-8-10-16/h6-13,18H,1-5H3. The Hall–Kier alpha value is -1.78. The minimum atomic E-state index is -3.08. The summed E-state index contributed by atoms with van der Waals surface area (Å²) in [6, 6.07) is 12.7. The van der Waals surface area contributed by atoms with Gasteiger partial charge in [0.1, 0.15) is 0 Å². The molecule has 0 aliphatic carbocycles. The van der Waals surface area contributed by atoms with Crippen LogP contribution in [0.4, 0.5) is 8.78 Å². The second kappa shape index (κ2) is 5.89. The molecule has 134 valence electrons. The first-order valence-electron chi connectivity index (χ1n) is 8.44. The molecule has 1 saturated heterocycles. The fraction of sp³-hybridized carbons (Fsp3) is 0.429. The van der Waals surface area contributed by atoms with E-state index in [0.29, 0.717) is 5.56 Å². The monoisotopic (exact) mass is 346 g/mol. The van der Waals surface area contributed by atoms with Crippen LogP contribution < -0.4 is 0 Å². The number of hydrogen-bond acceptors (Lipinski definition) is 2. The van der Waals surface area contributed by atoms with E-state index in [0.717, 1.165) is 5.56 Å². The number of ether oxygens (including phenoxy) is 2. The van der Waals surface area contributed by atoms with Crippen LogP contribution in [-0.2, 0) is 15.4 Å². The number of alkyl halides is 2. The lowest BCUT2D eigenvalue weighted by atomic mass is 9.90. The molecule has 0 atom stereocenters. The van der Waals surface area contributed by atoms with Crippen molar-refractivity contribution in [2.75, 3.05) is 0 Å². The molecule has 25 heavy (non-hydrogen) atoms. The molecule has 0 N–H and O–H groups in total. The zero-order chi connectivity index (χ0) is 18.5. The number of halogens is 2. The normalized spacial score (nSPS) is 20.0. The summed E-state index contributed by atoms with van der Waals surface area (Å²) in [6.07, 6.45) is -0.657. The molecule has 0 aromatic heterocycles. The van der Waals surface area contributed by atoms with Crippen LogP contribution in [0, 0.1) is 6.92 Å². The smallest absolute Gasteiger partial charge is 0.298 e. The van der Waals surface area contributed by atoms with Crippen molar-refractivity contribution in [3.05, 3.63) is 70.8 Å². The van der Waals surface area contributed by atoms with Gasteiger partial charge in [0.25, 0.3) is 5.92 Å². The van der Waals surface area contributed by atoms with Crippen LogP contribution in [-0.4, -0.2) is 11.2 Å². The zero-order valence-corrected chi connectivity index (χ0v) is 15.3. The third kappa shape index (κ3) is 3.21. The summed E-state index contributed by atoms with van der Waals surface area (Å²) in [4.78, 5) is 0. The average Bonchev–Trinajstić information content (AvgIpc) is 2.76. The Labute approximate surface area is 147 Å².